The van der Waals surface area contributed by atoms with Crippen LogP contribution >= 0.6 is 8.60 Å². The van der Waals surface area contributed by atoms with E-state index in [0.29, 0.717) is 24.3 Å². The van der Waals surface area contributed by atoms with Crippen LogP contribution in [0, 0.1) is 5.41 Å². The van der Waals surface area contributed by atoms with Gasteiger partial charge in [-0.2, -0.15) is 4.62 Å². The summed E-state index contributed by atoms with van der Waals surface area (Å²) in [5.41, 5.74) is 0.583. The van der Waals surface area contributed by atoms with E-state index in [1.165, 1.54) is 0 Å². The highest BCUT2D eigenvalue weighted by Crippen LogP contribution is 2.48. The van der Waals surface area contributed by atoms with Gasteiger partial charge in [0, 0.05) is 5.41 Å². The first kappa shape index (κ1) is 13.6. The van der Waals surface area contributed by atoms with Crippen LogP contribution in [0.15, 0.2) is 24.3 Å². The van der Waals surface area contributed by atoms with E-state index >= 15 is 0 Å². The molecular formula is C13H14NO5P. The first-order chi connectivity index (χ1) is 9.48. The molecule has 1 aromatic rings. The van der Waals surface area contributed by atoms with Gasteiger partial charge in [0.2, 0.25) is 0 Å². The standard InChI is InChI=1S/C13H14NO5P/c1-13(2)7-17-20(18-8-13)19-14-11(15)9-5-3-4-6-10(9)12(14)16/h3-6H,7-8H2,1-2H3. The third kappa shape index (κ3) is 2.36. The molecule has 0 aromatic heterocycles. The number of fused-ring (bicyclic) bond motifs is 1. The van der Waals surface area contributed by atoms with Crippen molar-refractivity contribution in [3.05, 3.63) is 35.4 Å². The highest BCUT2D eigenvalue weighted by molar-refractivity contribution is 7.41. The molecule has 0 saturated carbocycles. The number of amides is 2. The summed E-state index contributed by atoms with van der Waals surface area (Å²) in [6, 6.07) is 6.60. The SMILES string of the molecule is CC1(C)COP(ON2C(=O)c3ccccc3C2=O)OC1. The predicted molar refractivity (Wildman–Crippen MR) is 70.6 cm³/mol. The fourth-order valence-corrected chi connectivity index (χ4v) is 3.25. The van der Waals surface area contributed by atoms with Crippen molar-refractivity contribution in [2.24, 2.45) is 5.41 Å². The Balaban J connectivity index is 1.71. The number of benzene rings is 1. The van der Waals surface area contributed by atoms with E-state index in [1.54, 1.807) is 24.3 Å². The average molecular weight is 295 g/mol. The summed E-state index contributed by atoms with van der Waals surface area (Å²) in [6.45, 7) is 4.92. The van der Waals surface area contributed by atoms with E-state index < -0.39 is 20.4 Å². The number of hydrogen-bond donors (Lipinski definition) is 0. The van der Waals surface area contributed by atoms with Gasteiger partial charge in [0.1, 0.15) is 0 Å². The Hall–Kier alpha value is -1.33. The predicted octanol–water partition coefficient (Wildman–Crippen LogP) is 2.51. The molecule has 20 heavy (non-hydrogen) atoms. The second kappa shape index (κ2) is 4.90. The Morgan fingerprint density at radius 1 is 1.10 bits per heavy atom. The number of hydroxylamine groups is 2. The molecule has 1 aromatic carbocycles. The Morgan fingerprint density at radius 2 is 1.60 bits per heavy atom. The summed E-state index contributed by atoms with van der Waals surface area (Å²) in [4.78, 5) is 24.2. The van der Waals surface area contributed by atoms with Crippen LogP contribution in [0.5, 0.6) is 0 Å². The van der Waals surface area contributed by atoms with Crippen molar-refractivity contribution in [3.63, 3.8) is 0 Å². The molecule has 2 aliphatic rings. The number of hydrogen-bond acceptors (Lipinski definition) is 5. The Labute approximate surface area is 117 Å². The Bertz CT molecular complexity index is 529. The van der Waals surface area contributed by atoms with Crippen molar-refractivity contribution in [3.8, 4) is 0 Å². The normalized spacial score (nSPS) is 22.2. The van der Waals surface area contributed by atoms with Crippen molar-refractivity contribution in [2.75, 3.05) is 13.2 Å². The molecule has 0 N–H and O–H groups in total. The molecule has 1 saturated heterocycles. The molecule has 0 aliphatic carbocycles. The van der Waals surface area contributed by atoms with Crippen molar-refractivity contribution in [1.29, 1.82) is 0 Å². The van der Waals surface area contributed by atoms with Gasteiger partial charge in [0.05, 0.1) is 24.3 Å². The van der Waals surface area contributed by atoms with E-state index in [9.17, 15) is 9.59 Å². The first-order valence-electron chi connectivity index (χ1n) is 6.20. The summed E-state index contributed by atoms with van der Waals surface area (Å²) in [5, 5.41) is 0.731. The molecule has 106 valence electrons. The Morgan fingerprint density at radius 3 is 2.10 bits per heavy atom. The van der Waals surface area contributed by atoms with E-state index in [4.69, 9.17) is 13.7 Å². The second-order valence-electron chi connectivity index (χ2n) is 5.47. The highest BCUT2D eigenvalue weighted by Gasteiger charge is 2.41. The molecule has 2 aliphatic heterocycles. The lowest BCUT2D eigenvalue weighted by atomic mass is 9.97. The zero-order chi connectivity index (χ0) is 14.3. The minimum atomic E-state index is -1.71. The molecule has 7 heteroatoms. The number of nitrogens with zero attached hydrogens (tertiary/aromatic N) is 1. The minimum Gasteiger partial charge on any atom is -0.310 e. The highest BCUT2D eigenvalue weighted by atomic mass is 31.2. The smallest absolute Gasteiger partial charge is 0.310 e. The van der Waals surface area contributed by atoms with Gasteiger partial charge in [0.25, 0.3) is 11.8 Å². The van der Waals surface area contributed by atoms with Gasteiger partial charge in [-0.1, -0.05) is 26.0 Å². The largest absolute Gasteiger partial charge is 0.356 e. The molecule has 6 nitrogen and oxygen atoms in total. The molecular weight excluding hydrogens is 281 g/mol. The van der Waals surface area contributed by atoms with Crippen LogP contribution in [0.3, 0.4) is 0 Å². The number of carbonyl (C=O) groups excluding carboxylic acids is 2. The van der Waals surface area contributed by atoms with Crippen molar-refractivity contribution in [1.82, 2.24) is 5.06 Å². The van der Waals surface area contributed by atoms with E-state index in [1.807, 2.05) is 13.8 Å². The maximum Gasteiger partial charge on any atom is 0.356 e. The van der Waals surface area contributed by atoms with Crippen molar-refractivity contribution in [2.45, 2.75) is 13.8 Å². The summed E-state index contributed by atoms with van der Waals surface area (Å²) in [5.74, 6) is -0.963. The van der Waals surface area contributed by atoms with Crippen LogP contribution in [0.25, 0.3) is 0 Å². The fourth-order valence-electron chi connectivity index (χ4n) is 1.89. The first-order valence-corrected chi connectivity index (χ1v) is 7.29. The van der Waals surface area contributed by atoms with Crippen LogP contribution < -0.4 is 0 Å². The van der Waals surface area contributed by atoms with Gasteiger partial charge < -0.3 is 9.05 Å². The molecule has 0 bridgehead atoms. The number of rotatable bonds is 2. The lowest BCUT2D eigenvalue weighted by molar-refractivity contribution is -0.0510. The zero-order valence-electron chi connectivity index (χ0n) is 11.2. The summed E-state index contributed by atoms with van der Waals surface area (Å²) in [7, 11) is -1.71. The molecule has 0 radical (unpaired) electrons. The topological polar surface area (TPSA) is 65.1 Å². The van der Waals surface area contributed by atoms with Gasteiger partial charge in [-0.25, -0.2) is 0 Å². The van der Waals surface area contributed by atoms with Crippen LogP contribution in [0.2, 0.25) is 0 Å². The molecule has 2 amide bonds. The van der Waals surface area contributed by atoms with Gasteiger partial charge in [-0.3, -0.25) is 9.59 Å². The molecule has 0 spiro atoms. The lowest BCUT2D eigenvalue weighted by Crippen LogP contribution is -2.33. The van der Waals surface area contributed by atoms with Gasteiger partial charge in [-0.05, 0) is 12.1 Å². The van der Waals surface area contributed by atoms with E-state index in [2.05, 4.69) is 0 Å². The number of carbonyl (C=O) groups is 2. The fraction of sp³-hybridized carbons (Fsp3) is 0.385. The monoisotopic (exact) mass is 295 g/mol. The molecule has 3 rings (SSSR count). The third-order valence-electron chi connectivity index (χ3n) is 3.03. The molecule has 0 atom stereocenters. The summed E-state index contributed by atoms with van der Waals surface area (Å²) < 4.78 is 16.2. The summed E-state index contributed by atoms with van der Waals surface area (Å²) in [6.07, 6.45) is 0. The van der Waals surface area contributed by atoms with E-state index in [0.717, 1.165) is 5.06 Å². The van der Waals surface area contributed by atoms with Crippen LogP contribution in [0.1, 0.15) is 34.6 Å². The van der Waals surface area contributed by atoms with E-state index in [-0.39, 0.29) is 5.41 Å². The van der Waals surface area contributed by atoms with Gasteiger partial charge in [-0.15, -0.1) is 5.06 Å². The molecule has 1 fully saturated rings. The average Bonchev–Trinajstić information content (AvgIpc) is 2.67. The van der Waals surface area contributed by atoms with Crippen molar-refractivity contribution < 1.29 is 23.3 Å². The van der Waals surface area contributed by atoms with Crippen molar-refractivity contribution >= 4 is 20.4 Å². The number of imide groups is 1. The second-order valence-corrected chi connectivity index (χ2v) is 6.59. The quantitative estimate of drug-likeness (QED) is 0.619. The zero-order valence-corrected chi connectivity index (χ0v) is 12.1. The minimum absolute atomic E-state index is 0.0931. The summed E-state index contributed by atoms with van der Waals surface area (Å²) >= 11 is 0. The lowest BCUT2D eigenvalue weighted by Gasteiger charge is -2.33. The van der Waals surface area contributed by atoms with Gasteiger partial charge >= 0.3 is 8.60 Å². The molecule has 0 unspecified atom stereocenters. The third-order valence-corrected chi connectivity index (χ3v) is 4.00. The maximum atomic E-state index is 12.1. The van der Waals surface area contributed by atoms with Crippen LogP contribution in [-0.2, 0) is 13.7 Å². The maximum absolute atomic E-state index is 12.1. The van der Waals surface area contributed by atoms with Crippen LogP contribution in [-0.4, -0.2) is 30.1 Å². The van der Waals surface area contributed by atoms with Crippen LogP contribution in [0.4, 0.5) is 0 Å². The molecule has 2 heterocycles. The van der Waals surface area contributed by atoms with Gasteiger partial charge in [0.15, 0.2) is 0 Å². The Kier molecular flexibility index (Phi) is 3.34.